The van der Waals surface area contributed by atoms with E-state index in [1.165, 1.54) is 5.56 Å². The molecule has 30 heavy (non-hydrogen) atoms. The van der Waals surface area contributed by atoms with Gasteiger partial charge in [0.1, 0.15) is 5.69 Å². The minimum absolute atomic E-state index is 0.144. The van der Waals surface area contributed by atoms with Crippen LogP contribution in [0.4, 0.5) is 0 Å². The zero-order chi connectivity index (χ0) is 21.0. The van der Waals surface area contributed by atoms with Crippen LogP contribution in [-0.4, -0.2) is 70.7 Å². The lowest BCUT2D eigenvalue weighted by molar-refractivity contribution is -0.0236. The fourth-order valence-corrected chi connectivity index (χ4v) is 4.93. The van der Waals surface area contributed by atoms with E-state index in [0.29, 0.717) is 12.2 Å². The van der Waals surface area contributed by atoms with Gasteiger partial charge in [-0.25, -0.2) is 0 Å². The average molecular weight is 413 g/mol. The van der Waals surface area contributed by atoms with Crippen molar-refractivity contribution in [1.29, 1.82) is 0 Å². The second-order valence-corrected chi connectivity index (χ2v) is 8.56. The number of rotatable bonds is 5. The number of hydrogen-bond donors (Lipinski definition) is 2. The summed E-state index contributed by atoms with van der Waals surface area (Å²) in [4.78, 5) is 15.1. The summed E-state index contributed by atoms with van der Waals surface area (Å²) in [5.41, 5.74) is 1.45. The van der Waals surface area contributed by atoms with Gasteiger partial charge in [-0.05, 0) is 37.3 Å². The first kappa shape index (κ1) is 21.0. The van der Waals surface area contributed by atoms with Gasteiger partial charge in [-0.15, -0.1) is 0 Å². The van der Waals surface area contributed by atoms with Crippen molar-refractivity contribution in [3.63, 3.8) is 0 Å². The first-order valence-electron chi connectivity index (χ1n) is 10.9. The van der Waals surface area contributed by atoms with Gasteiger partial charge in [0.25, 0.3) is 5.91 Å². The van der Waals surface area contributed by atoms with Gasteiger partial charge in [0.15, 0.2) is 0 Å². The number of aliphatic hydroxyl groups excluding tert-OH is 1. The molecule has 2 heterocycles. The predicted octanol–water partition coefficient (Wildman–Crippen LogP) is 1.72. The first-order valence-corrected chi connectivity index (χ1v) is 10.9. The molecule has 2 fully saturated rings. The van der Waals surface area contributed by atoms with Crippen LogP contribution in [0.3, 0.4) is 0 Å². The Bertz CT molecular complexity index is 834. The number of benzene rings is 1. The molecular weight excluding hydrogens is 380 g/mol. The molecule has 162 valence electrons. The van der Waals surface area contributed by atoms with Crippen molar-refractivity contribution in [2.75, 3.05) is 32.8 Å². The summed E-state index contributed by atoms with van der Waals surface area (Å²) in [6.45, 7) is 3.74. The Morgan fingerprint density at radius 3 is 2.63 bits per heavy atom. The maximum Gasteiger partial charge on any atom is 0.271 e. The van der Waals surface area contributed by atoms with E-state index in [1.807, 2.05) is 6.07 Å². The van der Waals surface area contributed by atoms with Crippen LogP contribution >= 0.6 is 0 Å². The van der Waals surface area contributed by atoms with E-state index in [2.05, 4.69) is 39.6 Å². The Morgan fingerprint density at radius 1 is 1.20 bits per heavy atom. The summed E-state index contributed by atoms with van der Waals surface area (Å²) in [5.74, 6) is -0.152. The third kappa shape index (κ3) is 4.58. The topological polar surface area (TPSA) is 79.6 Å². The van der Waals surface area contributed by atoms with Crippen LogP contribution in [0.25, 0.3) is 0 Å². The van der Waals surface area contributed by atoms with Crippen LogP contribution in [0.5, 0.6) is 0 Å². The second-order valence-electron chi connectivity index (χ2n) is 8.56. The van der Waals surface area contributed by atoms with Crippen molar-refractivity contribution >= 4 is 5.91 Å². The minimum atomic E-state index is -0.361. The zero-order valence-corrected chi connectivity index (χ0v) is 17.7. The smallest absolute Gasteiger partial charge is 0.271 e. The maximum atomic E-state index is 12.7. The summed E-state index contributed by atoms with van der Waals surface area (Å²) in [6.07, 6.45) is 4.78. The number of aliphatic hydroxyl groups is 1. The Kier molecular flexibility index (Phi) is 6.51. The number of nitrogens with one attached hydrogen (secondary N) is 1. The van der Waals surface area contributed by atoms with Crippen molar-refractivity contribution in [3.8, 4) is 0 Å². The molecular formula is C23H32N4O3. The van der Waals surface area contributed by atoms with Crippen molar-refractivity contribution in [1.82, 2.24) is 20.0 Å². The van der Waals surface area contributed by atoms with Crippen molar-refractivity contribution in [2.45, 2.75) is 43.2 Å². The summed E-state index contributed by atoms with van der Waals surface area (Å²) < 4.78 is 7.13. The monoisotopic (exact) mass is 412 g/mol. The molecule has 4 rings (SSSR count). The third-order valence-corrected chi connectivity index (χ3v) is 6.72. The summed E-state index contributed by atoms with van der Waals surface area (Å²) in [6, 6.07) is 12.3. The van der Waals surface area contributed by atoms with E-state index in [-0.39, 0.29) is 23.5 Å². The molecule has 7 heteroatoms. The normalized spacial score (nSPS) is 28.1. The fraction of sp³-hybridized carbons (Fsp3) is 0.565. The number of hydrogen-bond acceptors (Lipinski definition) is 5. The Morgan fingerprint density at radius 2 is 1.93 bits per heavy atom. The number of nitrogens with zero attached hydrogens (tertiary/aromatic N) is 3. The van der Waals surface area contributed by atoms with Gasteiger partial charge in [-0.3, -0.25) is 14.4 Å². The molecule has 7 nitrogen and oxygen atoms in total. The minimum Gasteiger partial charge on any atom is -0.391 e. The summed E-state index contributed by atoms with van der Waals surface area (Å²) in [7, 11) is 1.81. The van der Waals surface area contributed by atoms with Crippen LogP contribution < -0.4 is 5.32 Å². The highest BCUT2D eigenvalue weighted by Gasteiger charge is 2.40. The molecule has 1 aromatic carbocycles. The van der Waals surface area contributed by atoms with Crippen LogP contribution in [-0.2, 0) is 17.2 Å². The number of aryl methyl sites for hydroxylation is 1. The second kappa shape index (κ2) is 9.29. The molecule has 1 saturated heterocycles. The highest BCUT2D eigenvalue weighted by molar-refractivity contribution is 5.92. The Labute approximate surface area is 178 Å². The molecule has 1 aliphatic heterocycles. The van der Waals surface area contributed by atoms with Gasteiger partial charge in [-0.2, -0.15) is 5.10 Å². The van der Waals surface area contributed by atoms with E-state index in [4.69, 9.17) is 4.74 Å². The Balaban J connectivity index is 1.53. The van der Waals surface area contributed by atoms with E-state index >= 15 is 0 Å². The summed E-state index contributed by atoms with van der Waals surface area (Å²) >= 11 is 0. The van der Waals surface area contributed by atoms with Gasteiger partial charge in [0.2, 0.25) is 0 Å². The maximum absolute atomic E-state index is 12.7. The highest BCUT2D eigenvalue weighted by atomic mass is 16.5. The summed E-state index contributed by atoms with van der Waals surface area (Å²) in [5, 5.41) is 18.3. The number of morpholine rings is 1. The molecule has 0 radical (unpaired) electrons. The molecule has 1 aromatic heterocycles. The SMILES string of the molecule is Cn1ccc(C(=O)NC[C@]2(c3ccccc3)CC[C@@H](O)[C@H](N3CCOCC3)CC2)n1. The highest BCUT2D eigenvalue weighted by Crippen LogP contribution is 2.39. The predicted molar refractivity (Wildman–Crippen MR) is 114 cm³/mol. The third-order valence-electron chi connectivity index (χ3n) is 6.72. The van der Waals surface area contributed by atoms with E-state index in [0.717, 1.165) is 52.0 Å². The molecule has 1 amide bonds. The molecule has 2 aliphatic rings. The van der Waals surface area contributed by atoms with Crippen molar-refractivity contribution < 1.29 is 14.6 Å². The number of aromatic nitrogens is 2. The molecule has 2 aromatic rings. The van der Waals surface area contributed by atoms with Crippen molar-refractivity contribution in [3.05, 3.63) is 53.9 Å². The lowest BCUT2D eigenvalue weighted by Gasteiger charge is -2.37. The zero-order valence-electron chi connectivity index (χ0n) is 17.7. The molecule has 1 saturated carbocycles. The average Bonchev–Trinajstić information content (AvgIpc) is 3.15. The number of ether oxygens (including phenoxy) is 1. The number of carbonyl (C=O) groups is 1. The van der Waals surface area contributed by atoms with Crippen LogP contribution in [0.15, 0.2) is 42.6 Å². The van der Waals surface area contributed by atoms with Crippen LogP contribution in [0, 0.1) is 0 Å². The fourth-order valence-electron chi connectivity index (χ4n) is 4.93. The van der Waals surface area contributed by atoms with Crippen molar-refractivity contribution in [2.24, 2.45) is 7.05 Å². The quantitative estimate of drug-likeness (QED) is 0.731. The van der Waals surface area contributed by atoms with Gasteiger partial charge < -0.3 is 15.2 Å². The van der Waals surface area contributed by atoms with Gasteiger partial charge >= 0.3 is 0 Å². The van der Waals surface area contributed by atoms with Gasteiger partial charge in [-0.1, -0.05) is 30.3 Å². The Hall–Kier alpha value is -2.22. The molecule has 0 bridgehead atoms. The molecule has 0 spiro atoms. The molecule has 2 N–H and O–H groups in total. The number of amides is 1. The van der Waals surface area contributed by atoms with Crippen LogP contribution in [0.2, 0.25) is 0 Å². The van der Waals surface area contributed by atoms with E-state index in [1.54, 1.807) is 24.0 Å². The van der Waals surface area contributed by atoms with Crippen LogP contribution in [0.1, 0.15) is 41.7 Å². The number of carbonyl (C=O) groups excluding carboxylic acids is 1. The van der Waals surface area contributed by atoms with E-state index in [9.17, 15) is 9.90 Å². The largest absolute Gasteiger partial charge is 0.391 e. The van der Waals surface area contributed by atoms with Gasteiger partial charge in [0, 0.05) is 44.3 Å². The first-order chi connectivity index (χ1) is 14.6. The lowest BCUT2D eigenvalue weighted by atomic mass is 9.74. The molecule has 3 atom stereocenters. The molecule has 1 aliphatic carbocycles. The standard InChI is InChI=1S/C23H32N4O3/c1-26-12-9-19(25-26)22(29)24-17-23(18-5-3-2-4-6-18)10-7-20(21(28)8-11-23)27-13-15-30-16-14-27/h2-6,9,12,20-21,28H,7-8,10-11,13-17H2,1H3,(H,24,29)/t20-,21-,23-/m1/s1. The van der Waals surface area contributed by atoms with Gasteiger partial charge in [0.05, 0.1) is 19.3 Å². The van der Waals surface area contributed by atoms with E-state index < -0.39 is 0 Å². The molecule has 0 unspecified atom stereocenters. The lowest BCUT2D eigenvalue weighted by Crippen LogP contribution is -2.48.